The van der Waals surface area contributed by atoms with Crippen LogP contribution in [-0.2, 0) is 9.53 Å². The Balaban J connectivity index is 1.85. The van der Waals surface area contributed by atoms with E-state index in [1.165, 1.54) is 0 Å². The quantitative estimate of drug-likeness (QED) is 0.828. The van der Waals surface area contributed by atoms with E-state index in [4.69, 9.17) is 9.47 Å². The summed E-state index contributed by atoms with van der Waals surface area (Å²) in [5.41, 5.74) is 1.14. The summed E-state index contributed by atoms with van der Waals surface area (Å²) in [6.07, 6.45) is 1.83. The summed E-state index contributed by atoms with van der Waals surface area (Å²) in [5, 5.41) is 6.38. The lowest BCUT2D eigenvalue weighted by atomic mass is 10.0. The lowest BCUT2D eigenvalue weighted by Gasteiger charge is -2.30. The summed E-state index contributed by atoms with van der Waals surface area (Å²) in [6.45, 7) is 5.85. The number of ether oxygens (including phenoxy) is 2. The topological polar surface area (TPSA) is 79.9 Å². The average Bonchev–Trinajstić information content (AvgIpc) is 3.52. The van der Waals surface area contributed by atoms with Crippen molar-refractivity contribution in [2.75, 3.05) is 39.2 Å². The Morgan fingerprint density at radius 3 is 2.75 bits per heavy atom. The number of likely N-dealkylation sites (N-methyl/N-ethyl adjacent to an activating group) is 1. The fourth-order valence-corrected chi connectivity index (χ4v) is 3.32. The van der Waals surface area contributed by atoms with E-state index >= 15 is 0 Å². The zero-order valence-electron chi connectivity index (χ0n) is 17.2. The van der Waals surface area contributed by atoms with Crippen LogP contribution in [-0.4, -0.2) is 62.7 Å². The maximum atomic E-state index is 13.0. The summed E-state index contributed by atoms with van der Waals surface area (Å²) in [6, 6.07) is 5.35. The van der Waals surface area contributed by atoms with E-state index in [2.05, 4.69) is 17.6 Å². The van der Waals surface area contributed by atoms with Crippen LogP contribution in [0.3, 0.4) is 0 Å². The van der Waals surface area contributed by atoms with Crippen LogP contribution in [0.25, 0.3) is 0 Å². The molecule has 2 aliphatic rings. The third-order valence-corrected chi connectivity index (χ3v) is 5.44. The number of carbonyl (C=O) groups is 2. The molecular formula is C21H31N3O4. The minimum Gasteiger partial charge on any atom is -0.491 e. The van der Waals surface area contributed by atoms with Crippen molar-refractivity contribution >= 4 is 17.5 Å². The Morgan fingerprint density at radius 2 is 2.07 bits per heavy atom. The smallest absolute Gasteiger partial charge is 0.257 e. The third kappa shape index (κ3) is 5.02. The van der Waals surface area contributed by atoms with Gasteiger partial charge in [-0.05, 0) is 37.8 Å². The highest BCUT2D eigenvalue weighted by molar-refractivity contribution is 5.99. The summed E-state index contributed by atoms with van der Waals surface area (Å²) in [7, 11) is 3.45. The molecule has 0 unspecified atom stereocenters. The van der Waals surface area contributed by atoms with Gasteiger partial charge in [0.05, 0.1) is 11.7 Å². The molecule has 28 heavy (non-hydrogen) atoms. The van der Waals surface area contributed by atoms with Crippen molar-refractivity contribution in [3.8, 4) is 5.75 Å². The number of nitrogens with one attached hydrogen (secondary N) is 2. The van der Waals surface area contributed by atoms with E-state index in [9.17, 15) is 9.59 Å². The largest absolute Gasteiger partial charge is 0.491 e. The van der Waals surface area contributed by atoms with Crippen LogP contribution in [0.4, 0.5) is 5.69 Å². The van der Waals surface area contributed by atoms with E-state index in [-0.39, 0.29) is 35.8 Å². The van der Waals surface area contributed by atoms with Crippen LogP contribution in [0.1, 0.15) is 37.0 Å². The third-order valence-electron chi connectivity index (χ3n) is 5.44. The molecule has 1 heterocycles. The number of carbonyl (C=O) groups excluding carboxylic acids is 2. The minimum absolute atomic E-state index is 0.0310. The molecule has 1 aromatic rings. The maximum Gasteiger partial charge on any atom is 0.257 e. The molecule has 0 spiro atoms. The summed E-state index contributed by atoms with van der Waals surface area (Å²) in [4.78, 5) is 26.8. The lowest BCUT2D eigenvalue weighted by molar-refractivity contribution is -0.117. The molecule has 3 rings (SSSR count). The van der Waals surface area contributed by atoms with Crippen LogP contribution in [0.2, 0.25) is 0 Å². The second-order valence-electron chi connectivity index (χ2n) is 8.03. The molecule has 7 nitrogen and oxygen atoms in total. The van der Waals surface area contributed by atoms with Gasteiger partial charge in [-0.2, -0.15) is 0 Å². The molecule has 1 aliphatic carbocycles. The number of fused-ring (bicyclic) bond motifs is 1. The molecule has 154 valence electrons. The second-order valence-corrected chi connectivity index (χ2v) is 8.03. The number of hydrogen-bond donors (Lipinski definition) is 2. The van der Waals surface area contributed by atoms with Gasteiger partial charge >= 0.3 is 0 Å². The van der Waals surface area contributed by atoms with E-state index < -0.39 is 0 Å². The first-order valence-corrected chi connectivity index (χ1v) is 9.98. The molecule has 1 fully saturated rings. The number of methoxy groups -OCH3 is 1. The first-order valence-electron chi connectivity index (χ1n) is 9.98. The zero-order valence-corrected chi connectivity index (χ0v) is 17.2. The van der Waals surface area contributed by atoms with Crippen LogP contribution < -0.4 is 15.4 Å². The number of nitrogens with zero attached hydrogens (tertiary/aromatic N) is 1. The highest BCUT2D eigenvalue weighted by Crippen LogP contribution is 2.31. The molecule has 2 amide bonds. The molecule has 0 bridgehead atoms. The van der Waals surface area contributed by atoms with Gasteiger partial charge in [-0.3, -0.25) is 9.59 Å². The van der Waals surface area contributed by atoms with Crippen molar-refractivity contribution in [3.63, 3.8) is 0 Å². The highest BCUT2D eigenvalue weighted by Gasteiger charge is 2.30. The van der Waals surface area contributed by atoms with Crippen molar-refractivity contribution in [3.05, 3.63) is 23.8 Å². The Hall–Kier alpha value is -2.12. The van der Waals surface area contributed by atoms with Crippen LogP contribution in [0, 0.1) is 11.8 Å². The van der Waals surface area contributed by atoms with Gasteiger partial charge in [0.2, 0.25) is 5.91 Å². The first-order chi connectivity index (χ1) is 13.4. The molecule has 1 saturated carbocycles. The van der Waals surface area contributed by atoms with Gasteiger partial charge in [-0.1, -0.05) is 6.92 Å². The highest BCUT2D eigenvalue weighted by atomic mass is 16.5. The van der Waals surface area contributed by atoms with Crippen LogP contribution in [0.15, 0.2) is 18.2 Å². The van der Waals surface area contributed by atoms with E-state index in [1.807, 2.05) is 6.92 Å². The van der Waals surface area contributed by atoms with Crippen LogP contribution in [0.5, 0.6) is 5.75 Å². The predicted molar refractivity (Wildman–Crippen MR) is 108 cm³/mol. The second kappa shape index (κ2) is 8.92. The lowest BCUT2D eigenvalue weighted by Crippen LogP contribution is -2.44. The predicted octanol–water partition coefficient (Wildman–Crippen LogP) is 2.13. The van der Waals surface area contributed by atoms with Gasteiger partial charge in [0.1, 0.15) is 12.4 Å². The SMILES string of the molecule is CO[C@@H]1CN(C)C(=O)c2ccc(NC(=O)C3CC3)cc2OC[C@H](C)NC[C@@H]1C. The van der Waals surface area contributed by atoms with Gasteiger partial charge in [0, 0.05) is 51.0 Å². The number of hydrogen-bond acceptors (Lipinski definition) is 5. The number of benzene rings is 1. The van der Waals surface area contributed by atoms with Gasteiger partial charge in [-0.25, -0.2) is 0 Å². The number of rotatable bonds is 3. The van der Waals surface area contributed by atoms with Crippen molar-refractivity contribution < 1.29 is 19.1 Å². The fraction of sp³-hybridized carbons (Fsp3) is 0.619. The van der Waals surface area contributed by atoms with Crippen LogP contribution >= 0.6 is 0 Å². The van der Waals surface area contributed by atoms with Crippen molar-refractivity contribution in [1.82, 2.24) is 10.2 Å². The Morgan fingerprint density at radius 1 is 1.32 bits per heavy atom. The van der Waals surface area contributed by atoms with E-state index in [1.54, 1.807) is 37.3 Å². The Bertz CT molecular complexity index is 720. The van der Waals surface area contributed by atoms with Crippen molar-refractivity contribution in [2.24, 2.45) is 11.8 Å². The first kappa shape index (κ1) is 20.6. The van der Waals surface area contributed by atoms with E-state index in [0.717, 1.165) is 19.4 Å². The molecule has 7 heteroatoms. The summed E-state index contributed by atoms with van der Waals surface area (Å²) >= 11 is 0. The molecule has 0 saturated heterocycles. The average molecular weight is 389 g/mol. The maximum absolute atomic E-state index is 13.0. The molecule has 0 aromatic heterocycles. The molecule has 1 aliphatic heterocycles. The number of anilines is 1. The summed E-state index contributed by atoms with van der Waals surface area (Å²) in [5.74, 6) is 0.768. The number of amides is 2. The molecular weight excluding hydrogens is 358 g/mol. The molecule has 3 atom stereocenters. The van der Waals surface area contributed by atoms with Gasteiger partial charge in [-0.15, -0.1) is 0 Å². The zero-order chi connectivity index (χ0) is 20.3. The van der Waals surface area contributed by atoms with Crippen molar-refractivity contribution in [1.29, 1.82) is 0 Å². The Labute approximate surface area is 166 Å². The Kier molecular flexibility index (Phi) is 6.57. The van der Waals surface area contributed by atoms with E-state index in [0.29, 0.717) is 30.2 Å². The summed E-state index contributed by atoms with van der Waals surface area (Å²) < 4.78 is 11.6. The van der Waals surface area contributed by atoms with Gasteiger partial charge in [0.15, 0.2) is 0 Å². The molecule has 1 aromatic carbocycles. The normalized spacial score (nSPS) is 26.5. The van der Waals surface area contributed by atoms with Crippen molar-refractivity contribution in [2.45, 2.75) is 38.8 Å². The minimum atomic E-state index is -0.120. The fourth-order valence-electron chi connectivity index (χ4n) is 3.32. The van der Waals surface area contributed by atoms with Gasteiger partial charge < -0.3 is 25.0 Å². The monoisotopic (exact) mass is 389 g/mol. The molecule has 0 radical (unpaired) electrons. The van der Waals surface area contributed by atoms with Gasteiger partial charge in [0.25, 0.3) is 5.91 Å². The standard InChI is InChI=1S/C21H31N3O4/c1-13-10-22-14(2)12-28-18-9-16(23-20(25)15-5-6-15)7-8-17(18)21(26)24(3)11-19(13)27-4/h7-9,13-15,19,22H,5-6,10-12H2,1-4H3,(H,23,25)/t13-,14-,19+/m0/s1. The molecule has 2 N–H and O–H groups in total.